The molecule has 0 amide bonds. The molecule has 0 N–H and O–H groups in total. The van der Waals surface area contributed by atoms with Crippen LogP contribution in [-0.2, 0) is 23.9 Å². The molecule has 6 heteroatoms. The maximum atomic E-state index is 6.76. The molecule has 36 heavy (non-hydrogen) atoms. The van der Waals surface area contributed by atoms with Crippen LogP contribution in [0.4, 0.5) is 0 Å². The molecule has 2 aromatic carbocycles. The number of rotatable bonds is 7. The van der Waals surface area contributed by atoms with E-state index in [0.29, 0.717) is 27.7 Å². The highest BCUT2D eigenvalue weighted by Gasteiger charge is 2.50. The van der Waals surface area contributed by atoms with Gasteiger partial charge in [-0.3, -0.25) is 0 Å². The van der Waals surface area contributed by atoms with E-state index in [-0.39, 0.29) is 0 Å². The fraction of sp³-hybridized carbons (Fsp3) is 0.300. The minimum absolute atomic E-state index is 0.465. The Morgan fingerprint density at radius 3 is 2.25 bits per heavy atom. The van der Waals surface area contributed by atoms with Gasteiger partial charge in [-0.05, 0) is 76.6 Å². The molecule has 4 aromatic rings. The number of hydrogen-bond donors (Lipinski definition) is 0. The third-order valence-corrected chi connectivity index (χ3v) is 13.5. The SMILES string of the molecule is CC(C)[Si]1(C(C)C)OCc2cc(-c3ccc(-c4ccc(Cl)c(Cl)c4)o3)nc(CCc3ccccc3)c21. The predicted molar refractivity (Wildman–Crippen MR) is 152 cm³/mol. The van der Waals surface area contributed by atoms with Crippen LogP contribution in [0.3, 0.4) is 0 Å². The molecule has 1 aliphatic heterocycles. The van der Waals surface area contributed by atoms with Gasteiger partial charge in [-0.2, -0.15) is 0 Å². The van der Waals surface area contributed by atoms with Gasteiger partial charge < -0.3 is 8.84 Å². The van der Waals surface area contributed by atoms with Crippen LogP contribution >= 0.6 is 23.2 Å². The Kier molecular flexibility index (Phi) is 7.15. The third-order valence-electron chi connectivity index (χ3n) is 7.30. The summed E-state index contributed by atoms with van der Waals surface area (Å²) in [4.78, 5) is 5.24. The van der Waals surface area contributed by atoms with E-state index in [2.05, 4.69) is 64.1 Å². The van der Waals surface area contributed by atoms with E-state index in [9.17, 15) is 0 Å². The molecule has 0 spiro atoms. The first-order valence-corrected chi connectivity index (χ1v) is 15.4. The van der Waals surface area contributed by atoms with E-state index < -0.39 is 8.32 Å². The smallest absolute Gasteiger partial charge is 0.231 e. The molecule has 1 aliphatic rings. The number of fused-ring (bicyclic) bond motifs is 1. The molecule has 0 fully saturated rings. The van der Waals surface area contributed by atoms with Crippen LogP contribution in [0.25, 0.3) is 22.8 Å². The fourth-order valence-electron chi connectivity index (χ4n) is 5.59. The topological polar surface area (TPSA) is 35.3 Å². The molecule has 0 radical (unpaired) electrons. The number of pyridine rings is 1. The second-order valence-corrected chi connectivity index (χ2v) is 15.7. The lowest BCUT2D eigenvalue weighted by Gasteiger charge is -2.35. The molecule has 3 nitrogen and oxygen atoms in total. The zero-order valence-electron chi connectivity index (χ0n) is 21.1. The van der Waals surface area contributed by atoms with E-state index in [1.165, 1.54) is 16.3 Å². The van der Waals surface area contributed by atoms with Crippen molar-refractivity contribution in [3.8, 4) is 22.8 Å². The van der Waals surface area contributed by atoms with E-state index >= 15 is 0 Å². The molecular weight excluding hydrogens is 505 g/mol. The highest BCUT2D eigenvalue weighted by Crippen LogP contribution is 2.40. The first kappa shape index (κ1) is 25.3. The highest BCUT2D eigenvalue weighted by molar-refractivity contribution is 6.90. The zero-order valence-corrected chi connectivity index (χ0v) is 23.7. The summed E-state index contributed by atoms with van der Waals surface area (Å²) < 4.78 is 13.0. The number of furan rings is 1. The Hall–Kier alpha value is -2.37. The summed E-state index contributed by atoms with van der Waals surface area (Å²) in [5, 5.41) is 2.44. The number of nitrogens with zero attached hydrogens (tertiary/aromatic N) is 1. The third kappa shape index (κ3) is 4.56. The monoisotopic (exact) mass is 535 g/mol. The van der Waals surface area contributed by atoms with Crippen LogP contribution in [0.5, 0.6) is 0 Å². The second-order valence-electron chi connectivity index (χ2n) is 10.2. The number of benzene rings is 2. The van der Waals surface area contributed by atoms with Crippen LogP contribution < -0.4 is 5.19 Å². The van der Waals surface area contributed by atoms with Crippen molar-refractivity contribution >= 4 is 36.7 Å². The number of aromatic nitrogens is 1. The molecule has 3 heterocycles. The maximum Gasteiger partial charge on any atom is 0.231 e. The Morgan fingerprint density at radius 1 is 0.833 bits per heavy atom. The summed E-state index contributed by atoms with van der Waals surface area (Å²) >= 11 is 12.3. The van der Waals surface area contributed by atoms with Gasteiger partial charge in [0.15, 0.2) is 5.76 Å². The van der Waals surface area contributed by atoms with Crippen molar-refractivity contribution in [1.82, 2.24) is 4.98 Å². The van der Waals surface area contributed by atoms with E-state index in [0.717, 1.165) is 41.3 Å². The molecule has 2 aromatic heterocycles. The van der Waals surface area contributed by atoms with Crippen molar-refractivity contribution in [2.24, 2.45) is 0 Å². The van der Waals surface area contributed by atoms with Gasteiger partial charge in [-0.15, -0.1) is 0 Å². The lowest BCUT2D eigenvalue weighted by Crippen LogP contribution is -2.54. The molecule has 0 bridgehead atoms. The highest BCUT2D eigenvalue weighted by atomic mass is 35.5. The number of aryl methyl sites for hydroxylation is 2. The van der Waals surface area contributed by atoms with Crippen LogP contribution in [0, 0.1) is 0 Å². The van der Waals surface area contributed by atoms with Gasteiger partial charge in [0.25, 0.3) is 0 Å². The number of hydrogen-bond acceptors (Lipinski definition) is 3. The number of halogens is 2. The quantitative estimate of drug-likeness (QED) is 0.222. The van der Waals surface area contributed by atoms with Crippen LogP contribution in [0.2, 0.25) is 21.1 Å². The zero-order chi connectivity index (χ0) is 25.4. The van der Waals surface area contributed by atoms with Crippen molar-refractivity contribution in [2.45, 2.75) is 58.2 Å². The molecule has 0 unspecified atom stereocenters. The lowest BCUT2D eigenvalue weighted by atomic mass is 10.1. The maximum absolute atomic E-state index is 6.76. The van der Waals surface area contributed by atoms with Crippen molar-refractivity contribution in [3.63, 3.8) is 0 Å². The van der Waals surface area contributed by atoms with Gasteiger partial charge in [0.1, 0.15) is 11.5 Å². The summed E-state index contributed by atoms with van der Waals surface area (Å²) in [6.07, 6.45) is 1.81. The minimum atomic E-state index is -2.19. The Balaban J connectivity index is 1.58. The van der Waals surface area contributed by atoms with Crippen molar-refractivity contribution in [1.29, 1.82) is 0 Å². The average molecular weight is 537 g/mol. The Bertz CT molecular complexity index is 1370. The summed E-state index contributed by atoms with van der Waals surface area (Å²) in [5.74, 6) is 1.48. The van der Waals surface area contributed by atoms with Gasteiger partial charge in [-0.1, -0.05) is 81.2 Å². The summed E-state index contributed by atoms with van der Waals surface area (Å²) in [5.41, 5.74) is 6.41. The Labute approximate surface area is 224 Å². The molecule has 0 atom stereocenters. The standard InChI is InChI=1S/C30H31Cl2NO2Si/c1-19(2)36(20(3)4)30-23(18-34-36)17-27(33-26(30)13-10-21-8-6-5-7-9-21)29-15-14-28(35-29)22-11-12-24(31)25(32)16-22/h5-9,11-12,14-17,19-20H,10,13,18H2,1-4H3. The van der Waals surface area contributed by atoms with Crippen LogP contribution in [0.1, 0.15) is 44.5 Å². The van der Waals surface area contributed by atoms with Gasteiger partial charge >= 0.3 is 0 Å². The van der Waals surface area contributed by atoms with Crippen molar-refractivity contribution in [2.75, 3.05) is 0 Å². The largest absolute Gasteiger partial charge is 0.454 e. The molecule has 5 rings (SSSR count). The fourth-order valence-corrected chi connectivity index (χ4v) is 10.9. The Morgan fingerprint density at radius 2 is 1.56 bits per heavy atom. The molecule has 0 aliphatic carbocycles. The molecule has 0 saturated heterocycles. The normalized spacial score (nSPS) is 14.6. The summed E-state index contributed by atoms with van der Waals surface area (Å²) in [6.45, 7) is 9.89. The van der Waals surface area contributed by atoms with Crippen LogP contribution in [0.15, 0.2) is 71.1 Å². The first-order valence-electron chi connectivity index (χ1n) is 12.6. The van der Waals surface area contributed by atoms with Crippen molar-refractivity contribution in [3.05, 3.63) is 93.6 Å². The second kappa shape index (κ2) is 10.2. The average Bonchev–Trinajstić information content (AvgIpc) is 3.51. The van der Waals surface area contributed by atoms with E-state index in [1.807, 2.05) is 24.3 Å². The summed E-state index contributed by atoms with van der Waals surface area (Å²) in [6, 6.07) is 22.3. The summed E-state index contributed by atoms with van der Waals surface area (Å²) in [7, 11) is -2.19. The van der Waals surface area contributed by atoms with Gasteiger partial charge in [0.2, 0.25) is 8.32 Å². The predicted octanol–water partition coefficient (Wildman–Crippen LogP) is 8.60. The van der Waals surface area contributed by atoms with E-state index in [4.69, 9.17) is 37.0 Å². The first-order chi connectivity index (χ1) is 17.3. The van der Waals surface area contributed by atoms with Gasteiger partial charge in [0.05, 0.1) is 16.7 Å². The van der Waals surface area contributed by atoms with E-state index in [1.54, 1.807) is 6.07 Å². The van der Waals surface area contributed by atoms with Gasteiger partial charge in [0, 0.05) is 11.3 Å². The minimum Gasteiger partial charge on any atom is -0.454 e. The van der Waals surface area contributed by atoms with Crippen LogP contribution in [-0.4, -0.2) is 13.3 Å². The van der Waals surface area contributed by atoms with Gasteiger partial charge in [-0.25, -0.2) is 4.98 Å². The molecule has 186 valence electrons. The lowest BCUT2D eigenvalue weighted by molar-refractivity contribution is 0.299. The van der Waals surface area contributed by atoms with Crippen molar-refractivity contribution < 1.29 is 8.84 Å². The molecule has 0 saturated carbocycles. The molecular formula is C30H31Cl2NO2Si.